The van der Waals surface area contributed by atoms with Gasteiger partial charge in [-0.25, -0.2) is 9.59 Å². The van der Waals surface area contributed by atoms with Gasteiger partial charge in [0.2, 0.25) is 0 Å². The number of fused-ring (bicyclic) bond motifs is 2. The number of benzene rings is 3. The zero-order valence-corrected chi connectivity index (χ0v) is 26.0. The van der Waals surface area contributed by atoms with Gasteiger partial charge in [-0.2, -0.15) is 0 Å². The molecule has 3 heterocycles. The van der Waals surface area contributed by atoms with E-state index in [1.807, 2.05) is 50.2 Å². The smallest absolute Gasteiger partial charge is 0.344 e. The molecule has 0 spiro atoms. The number of hydrogen-bond donors (Lipinski definition) is 1. The highest BCUT2D eigenvalue weighted by atomic mass is 32.1. The third kappa shape index (κ3) is 4.90. The van der Waals surface area contributed by atoms with E-state index in [9.17, 15) is 9.59 Å². The summed E-state index contributed by atoms with van der Waals surface area (Å²) in [6.45, 7) is 10.2. The number of thiophene rings is 1. The minimum Gasteiger partial charge on any atom is -0.493 e. The Hall–Kier alpha value is -4.40. The number of ether oxygens (including phenoxy) is 4. The summed E-state index contributed by atoms with van der Waals surface area (Å²) in [5, 5.41) is 1.13. The Balaban J connectivity index is 1.46. The van der Waals surface area contributed by atoms with Gasteiger partial charge in [0.25, 0.3) is 0 Å². The first kappa shape index (κ1) is 28.7. The molecule has 0 unspecified atom stereocenters. The Morgan fingerprint density at radius 1 is 0.698 bits per heavy atom. The fraction of sp³-hybridized carbons (Fsp3) is 0.257. The number of methoxy groups -OCH3 is 2. The molecule has 1 aromatic heterocycles. The van der Waals surface area contributed by atoms with E-state index >= 15 is 0 Å². The molecule has 4 aromatic rings. The zero-order chi connectivity index (χ0) is 30.8. The number of rotatable bonds is 6. The summed E-state index contributed by atoms with van der Waals surface area (Å²) >= 11 is 1.65. The van der Waals surface area contributed by atoms with E-state index in [0.717, 1.165) is 20.9 Å². The van der Waals surface area contributed by atoms with Crippen LogP contribution < -0.4 is 35.1 Å². The summed E-state index contributed by atoms with van der Waals surface area (Å²) in [4.78, 5) is 28.6. The van der Waals surface area contributed by atoms with Crippen LogP contribution in [0.3, 0.4) is 0 Å². The van der Waals surface area contributed by atoms with Crippen LogP contribution in [0.4, 0.5) is 0 Å². The minimum atomic E-state index is -0.487. The van der Waals surface area contributed by atoms with E-state index in [2.05, 4.69) is 26.8 Å². The lowest BCUT2D eigenvalue weighted by Crippen LogP contribution is -2.27. The van der Waals surface area contributed by atoms with Gasteiger partial charge in [0, 0.05) is 31.3 Å². The van der Waals surface area contributed by atoms with Crippen molar-refractivity contribution in [3.63, 3.8) is 0 Å². The van der Waals surface area contributed by atoms with Gasteiger partial charge in [-0.05, 0) is 72.4 Å². The third-order valence-corrected chi connectivity index (χ3v) is 9.18. The van der Waals surface area contributed by atoms with Crippen LogP contribution in [-0.4, -0.2) is 26.2 Å². The maximum absolute atomic E-state index is 13.3. The monoisotopic (exact) mass is 595 g/mol. The van der Waals surface area contributed by atoms with Gasteiger partial charge in [0.15, 0.2) is 11.5 Å². The predicted octanol–water partition coefficient (Wildman–Crippen LogP) is 5.16. The number of carbonyl (C=O) groups excluding carboxylic acids is 2. The number of carbonyl (C=O) groups is 2. The van der Waals surface area contributed by atoms with Crippen molar-refractivity contribution in [3.8, 4) is 33.4 Å². The van der Waals surface area contributed by atoms with Crippen LogP contribution in [0.15, 0.2) is 60.7 Å². The maximum Gasteiger partial charge on any atom is 0.344 e. The van der Waals surface area contributed by atoms with Crippen molar-refractivity contribution >= 4 is 34.4 Å². The van der Waals surface area contributed by atoms with Crippen LogP contribution in [-0.2, 0) is 20.5 Å². The summed E-state index contributed by atoms with van der Waals surface area (Å²) in [6, 6.07) is 19.0. The lowest BCUT2D eigenvalue weighted by Gasteiger charge is -2.24. The van der Waals surface area contributed by atoms with Crippen LogP contribution in [0, 0.1) is 0 Å². The van der Waals surface area contributed by atoms with Crippen molar-refractivity contribution in [3.05, 3.63) is 92.7 Å². The van der Waals surface area contributed by atoms with E-state index in [4.69, 9.17) is 24.7 Å². The molecule has 0 radical (unpaired) electrons. The van der Waals surface area contributed by atoms with E-state index in [0.29, 0.717) is 55.7 Å². The predicted molar refractivity (Wildman–Crippen MR) is 167 cm³/mol. The molecule has 0 aliphatic carbocycles. The van der Waals surface area contributed by atoms with Crippen molar-refractivity contribution in [1.82, 2.24) is 0 Å². The molecule has 6 rings (SSSR count). The number of hydrogen-bond acceptors (Lipinski definition) is 8. The van der Waals surface area contributed by atoms with Crippen LogP contribution in [0.1, 0.15) is 56.2 Å². The SMILES string of the molecule is COc1cc(C2=c3cc4c(cc3OC2=O)=C(c2ccc(-c3ccc(C(C)(C)N)s3)cc2)C(=O)O4)cc(C(C)(C)C)c1OC. The summed E-state index contributed by atoms with van der Waals surface area (Å²) < 4.78 is 22.8. The third-order valence-electron chi connectivity index (χ3n) is 7.71. The maximum atomic E-state index is 13.3. The Kier molecular flexibility index (Phi) is 6.75. The molecule has 2 N–H and O–H groups in total. The van der Waals surface area contributed by atoms with Gasteiger partial charge in [-0.15, -0.1) is 11.3 Å². The van der Waals surface area contributed by atoms with E-state index in [1.165, 1.54) is 0 Å². The van der Waals surface area contributed by atoms with Gasteiger partial charge in [-0.1, -0.05) is 45.0 Å². The molecule has 0 fully saturated rings. The van der Waals surface area contributed by atoms with Gasteiger partial charge in [-0.3, -0.25) is 0 Å². The number of esters is 2. The van der Waals surface area contributed by atoms with Crippen LogP contribution in [0.5, 0.6) is 23.0 Å². The first-order chi connectivity index (χ1) is 20.3. The Bertz CT molecular complexity index is 1940. The highest BCUT2D eigenvalue weighted by Crippen LogP contribution is 2.41. The first-order valence-electron chi connectivity index (χ1n) is 13.9. The van der Waals surface area contributed by atoms with Crippen molar-refractivity contribution in [2.24, 2.45) is 5.73 Å². The summed E-state index contributed by atoms with van der Waals surface area (Å²) in [7, 11) is 3.16. The molecule has 0 amide bonds. The largest absolute Gasteiger partial charge is 0.493 e. The molecule has 0 saturated heterocycles. The second-order valence-electron chi connectivity index (χ2n) is 12.3. The van der Waals surface area contributed by atoms with Crippen molar-refractivity contribution in [2.75, 3.05) is 14.2 Å². The van der Waals surface area contributed by atoms with Crippen molar-refractivity contribution < 1.29 is 28.5 Å². The average molecular weight is 596 g/mol. The standard InChI is InChI=1S/C35H33NO6S/c1-34(2,3)23-14-20(15-26(39-6)31(23)40-7)30-22-17-24-21(16-25(22)42-33(30)38)29(32(37)41-24)19-10-8-18(9-11-19)27-12-13-28(43-27)35(4,5)36/h8-17H,36H2,1-7H3. The Morgan fingerprint density at radius 3 is 1.74 bits per heavy atom. The quantitative estimate of drug-likeness (QED) is 0.243. The highest BCUT2D eigenvalue weighted by molar-refractivity contribution is 7.15. The fourth-order valence-corrected chi connectivity index (χ4v) is 6.52. The van der Waals surface area contributed by atoms with Crippen LogP contribution in [0.25, 0.3) is 21.6 Å². The van der Waals surface area contributed by atoms with Crippen molar-refractivity contribution in [1.29, 1.82) is 0 Å². The van der Waals surface area contributed by atoms with Crippen LogP contribution >= 0.6 is 11.3 Å². The molecule has 2 aliphatic heterocycles. The van der Waals surface area contributed by atoms with Gasteiger partial charge in [0.05, 0.1) is 25.4 Å². The second-order valence-corrected chi connectivity index (χ2v) is 13.4. The first-order valence-corrected chi connectivity index (χ1v) is 14.8. The molecular formula is C35H33NO6S. The fourth-order valence-electron chi connectivity index (χ4n) is 5.49. The molecule has 0 saturated carbocycles. The molecule has 0 atom stereocenters. The second kappa shape index (κ2) is 10.1. The topological polar surface area (TPSA) is 97.1 Å². The average Bonchev–Trinajstić information content (AvgIpc) is 3.65. The van der Waals surface area contributed by atoms with E-state index in [-0.39, 0.29) is 5.41 Å². The van der Waals surface area contributed by atoms with Crippen molar-refractivity contribution in [2.45, 2.75) is 45.6 Å². The molecule has 8 heteroatoms. The molecule has 2 aliphatic rings. The lowest BCUT2D eigenvalue weighted by molar-refractivity contribution is -0.128. The minimum absolute atomic E-state index is 0.291. The van der Waals surface area contributed by atoms with Gasteiger partial charge < -0.3 is 24.7 Å². The summed E-state index contributed by atoms with van der Waals surface area (Å²) in [5.41, 5.74) is 9.61. The zero-order valence-electron chi connectivity index (χ0n) is 25.2. The van der Waals surface area contributed by atoms with Gasteiger partial charge >= 0.3 is 11.9 Å². The molecular weight excluding hydrogens is 562 g/mol. The summed E-state index contributed by atoms with van der Waals surface area (Å²) in [6.07, 6.45) is 0. The molecule has 220 valence electrons. The number of nitrogens with two attached hydrogens (primary N) is 1. The molecule has 3 aromatic carbocycles. The summed E-state index contributed by atoms with van der Waals surface area (Å²) in [5.74, 6) is 0.928. The Labute approximate surface area is 254 Å². The van der Waals surface area contributed by atoms with E-state index < -0.39 is 17.5 Å². The molecule has 0 bridgehead atoms. The van der Waals surface area contributed by atoms with Crippen LogP contribution in [0.2, 0.25) is 0 Å². The Morgan fingerprint density at radius 2 is 1.26 bits per heavy atom. The lowest BCUT2D eigenvalue weighted by atomic mass is 9.84. The van der Waals surface area contributed by atoms with E-state index in [1.54, 1.807) is 43.8 Å². The molecule has 7 nitrogen and oxygen atoms in total. The van der Waals surface area contributed by atoms with Gasteiger partial charge in [0.1, 0.15) is 11.5 Å². The normalized spacial score (nSPS) is 14.4. The highest BCUT2D eigenvalue weighted by Gasteiger charge is 2.32. The molecule has 43 heavy (non-hydrogen) atoms.